The molecule has 144 valence electrons. The van der Waals surface area contributed by atoms with E-state index in [2.05, 4.69) is 32.3 Å². The fourth-order valence-electron chi connectivity index (χ4n) is 3.12. The molecule has 4 rings (SSSR count). The predicted octanol–water partition coefficient (Wildman–Crippen LogP) is 3.83. The molecule has 0 radical (unpaired) electrons. The zero-order valence-electron chi connectivity index (χ0n) is 15.2. The molecule has 1 N–H and O–H groups in total. The second-order valence-corrected chi connectivity index (χ2v) is 7.81. The van der Waals surface area contributed by atoms with E-state index in [1.165, 1.54) is 17.0 Å². The van der Waals surface area contributed by atoms with Gasteiger partial charge in [0.1, 0.15) is 5.82 Å². The van der Waals surface area contributed by atoms with Gasteiger partial charge < -0.3 is 15.1 Å². The summed E-state index contributed by atoms with van der Waals surface area (Å²) in [6, 6.07) is 13.9. The second-order valence-electron chi connectivity index (χ2n) is 6.51. The van der Waals surface area contributed by atoms with Gasteiger partial charge in [-0.15, -0.1) is 11.3 Å². The number of piperazine rings is 1. The number of hydrogen-bond donors (Lipinski definition) is 1. The third-order valence-electron chi connectivity index (χ3n) is 4.60. The zero-order chi connectivity index (χ0) is 19.3. The molecule has 1 amide bonds. The van der Waals surface area contributed by atoms with Crippen LogP contribution in [0.25, 0.3) is 0 Å². The summed E-state index contributed by atoms with van der Waals surface area (Å²) >= 11 is 7.31. The first-order valence-corrected chi connectivity index (χ1v) is 10.3. The summed E-state index contributed by atoms with van der Waals surface area (Å²) in [4.78, 5) is 25.6. The lowest BCUT2D eigenvalue weighted by molar-refractivity contribution is -0.130. The van der Waals surface area contributed by atoms with E-state index in [1.54, 1.807) is 18.3 Å². The maximum Gasteiger partial charge on any atom is 0.228 e. The summed E-state index contributed by atoms with van der Waals surface area (Å²) in [7, 11) is 0. The molecule has 0 aliphatic carbocycles. The molecular formula is C20H20ClN5OS. The van der Waals surface area contributed by atoms with Crippen LogP contribution in [0.4, 0.5) is 16.6 Å². The maximum absolute atomic E-state index is 12.6. The molecule has 0 spiro atoms. The largest absolute Gasteiger partial charge is 0.368 e. The van der Waals surface area contributed by atoms with Crippen LogP contribution in [0.3, 0.4) is 0 Å². The summed E-state index contributed by atoms with van der Waals surface area (Å²) in [5, 5.41) is 6.35. The molecule has 2 aromatic heterocycles. The number of nitrogens with one attached hydrogen (secondary N) is 1. The monoisotopic (exact) mass is 413 g/mol. The van der Waals surface area contributed by atoms with Crippen LogP contribution in [-0.2, 0) is 11.2 Å². The first-order valence-electron chi connectivity index (χ1n) is 9.08. The van der Waals surface area contributed by atoms with Crippen LogP contribution in [0.15, 0.2) is 54.0 Å². The number of carbonyl (C=O) groups is 1. The Hall–Kier alpha value is -2.64. The van der Waals surface area contributed by atoms with Crippen molar-refractivity contribution in [3.8, 4) is 0 Å². The lowest BCUT2D eigenvalue weighted by Crippen LogP contribution is -2.49. The number of benzene rings is 1. The van der Waals surface area contributed by atoms with Crippen molar-refractivity contribution in [1.29, 1.82) is 0 Å². The van der Waals surface area contributed by atoms with Crippen LogP contribution in [0.5, 0.6) is 0 Å². The molecule has 8 heteroatoms. The van der Waals surface area contributed by atoms with Crippen molar-refractivity contribution in [1.82, 2.24) is 14.9 Å². The lowest BCUT2D eigenvalue weighted by atomic mass is 10.2. The van der Waals surface area contributed by atoms with Crippen LogP contribution in [0, 0.1) is 0 Å². The van der Waals surface area contributed by atoms with E-state index in [0.717, 1.165) is 31.9 Å². The predicted molar refractivity (Wildman–Crippen MR) is 114 cm³/mol. The highest BCUT2D eigenvalue weighted by molar-refractivity contribution is 7.13. The number of thiazole rings is 1. The van der Waals surface area contributed by atoms with Crippen molar-refractivity contribution in [2.75, 3.05) is 36.4 Å². The van der Waals surface area contributed by atoms with Crippen molar-refractivity contribution in [3.63, 3.8) is 0 Å². The van der Waals surface area contributed by atoms with Gasteiger partial charge in [0.2, 0.25) is 5.91 Å². The second kappa shape index (κ2) is 8.58. The minimum Gasteiger partial charge on any atom is -0.368 e. The number of halogens is 1. The minimum absolute atomic E-state index is 0.120. The first-order chi connectivity index (χ1) is 13.7. The highest BCUT2D eigenvalue weighted by Crippen LogP contribution is 2.21. The summed E-state index contributed by atoms with van der Waals surface area (Å²) in [6.07, 6.45) is 1.90. The highest BCUT2D eigenvalue weighted by atomic mass is 35.5. The first kappa shape index (κ1) is 18.7. The molecule has 1 saturated heterocycles. The zero-order valence-corrected chi connectivity index (χ0v) is 16.8. The van der Waals surface area contributed by atoms with Crippen LogP contribution in [-0.4, -0.2) is 47.0 Å². The van der Waals surface area contributed by atoms with Gasteiger partial charge >= 0.3 is 0 Å². The third kappa shape index (κ3) is 4.61. The molecule has 6 nitrogen and oxygen atoms in total. The van der Waals surface area contributed by atoms with Crippen LogP contribution in [0.1, 0.15) is 5.69 Å². The Labute approximate surface area is 172 Å². The van der Waals surface area contributed by atoms with Gasteiger partial charge in [0.05, 0.1) is 17.1 Å². The summed E-state index contributed by atoms with van der Waals surface area (Å²) in [5.74, 6) is 0.794. The number of amides is 1. The molecule has 3 aromatic rings. The van der Waals surface area contributed by atoms with E-state index in [9.17, 15) is 4.79 Å². The van der Waals surface area contributed by atoms with Crippen LogP contribution >= 0.6 is 22.9 Å². The molecule has 1 aromatic carbocycles. The Balaban J connectivity index is 1.30. The van der Waals surface area contributed by atoms with E-state index in [-0.39, 0.29) is 5.91 Å². The van der Waals surface area contributed by atoms with Crippen molar-refractivity contribution >= 4 is 45.5 Å². The number of hydrogen-bond acceptors (Lipinski definition) is 6. The molecule has 0 saturated carbocycles. The Morgan fingerprint density at radius 2 is 1.89 bits per heavy atom. The fourth-order valence-corrected chi connectivity index (χ4v) is 3.95. The SMILES string of the molecule is O=C(Cc1csc(Nc2ccc(Cl)cn2)n1)N1CCN(c2ccccc2)CC1. The molecule has 1 aliphatic heterocycles. The Morgan fingerprint density at radius 3 is 2.61 bits per heavy atom. The average molecular weight is 414 g/mol. The lowest BCUT2D eigenvalue weighted by Gasteiger charge is -2.36. The van der Waals surface area contributed by atoms with Gasteiger partial charge in [-0.25, -0.2) is 9.97 Å². The number of para-hydroxylation sites is 1. The molecule has 28 heavy (non-hydrogen) atoms. The van der Waals surface area contributed by atoms with Gasteiger partial charge in [-0.05, 0) is 24.3 Å². The molecular weight excluding hydrogens is 394 g/mol. The summed E-state index contributed by atoms with van der Waals surface area (Å²) < 4.78 is 0. The third-order valence-corrected chi connectivity index (χ3v) is 5.63. The van der Waals surface area contributed by atoms with Gasteiger partial charge in [-0.3, -0.25) is 4.79 Å². The van der Waals surface area contributed by atoms with E-state index in [4.69, 9.17) is 11.6 Å². The smallest absolute Gasteiger partial charge is 0.228 e. The molecule has 1 fully saturated rings. The standard InChI is InChI=1S/C20H20ClN5OS/c21-15-6-7-18(22-13-15)24-20-23-16(14-28-20)12-19(27)26-10-8-25(9-11-26)17-4-2-1-3-5-17/h1-7,13-14H,8-12H2,(H,22,23,24). The van der Waals surface area contributed by atoms with Crippen molar-refractivity contribution in [2.24, 2.45) is 0 Å². The molecule has 0 atom stereocenters. The van der Waals surface area contributed by atoms with E-state index in [0.29, 0.717) is 22.4 Å². The quantitative estimate of drug-likeness (QED) is 0.688. The molecule has 0 bridgehead atoms. The maximum atomic E-state index is 12.6. The normalized spacial score (nSPS) is 14.2. The Bertz CT molecular complexity index is 923. The number of nitrogens with zero attached hydrogens (tertiary/aromatic N) is 4. The van der Waals surface area contributed by atoms with Gasteiger partial charge in [-0.1, -0.05) is 29.8 Å². The number of anilines is 3. The number of aromatic nitrogens is 2. The minimum atomic E-state index is 0.120. The van der Waals surface area contributed by atoms with E-state index >= 15 is 0 Å². The number of rotatable bonds is 5. The Morgan fingerprint density at radius 1 is 1.11 bits per heavy atom. The average Bonchev–Trinajstić information content (AvgIpc) is 3.17. The van der Waals surface area contributed by atoms with E-state index < -0.39 is 0 Å². The number of pyridine rings is 1. The van der Waals surface area contributed by atoms with Gasteiger partial charge in [-0.2, -0.15) is 0 Å². The van der Waals surface area contributed by atoms with Gasteiger partial charge in [0, 0.05) is 43.4 Å². The fraction of sp³-hybridized carbons (Fsp3) is 0.250. The summed E-state index contributed by atoms with van der Waals surface area (Å²) in [5.41, 5.74) is 1.98. The van der Waals surface area contributed by atoms with Crippen LogP contribution in [0.2, 0.25) is 5.02 Å². The number of carbonyl (C=O) groups excluding carboxylic acids is 1. The van der Waals surface area contributed by atoms with Crippen molar-refractivity contribution < 1.29 is 4.79 Å². The topological polar surface area (TPSA) is 61.4 Å². The van der Waals surface area contributed by atoms with Gasteiger partial charge in [0.15, 0.2) is 5.13 Å². The molecule has 1 aliphatic rings. The summed E-state index contributed by atoms with van der Waals surface area (Å²) in [6.45, 7) is 3.17. The van der Waals surface area contributed by atoms with Crippen LogP contribution < -0.4 is 10.2 Å². The molecule has 3 heterocycles. The van der Waals surface area contributed by atoms with Crippen molar-refractivity contribution in [3.05, 3.63) is 64.8 Å². The van der Waals surface area contributed by atoms with Gasteiger partial charge in [0.25, 0.3) is 0 Å². The Kier molecular flexibility index (Phi) is 5.73. The van der Waals surface area contributed by atoms with E-state index in [1.807, 2.05) is 28.5 Å². The highest BCUT2D eigenvalue weighted by Gasteiger charge is 2.22. The van der Waals surface area contributed by atoms with Crippen molar-refractivity contribution in [2.45, 2.75) is 6.42 Å². The molecule has 0 unspecified atom stereocenters.